The van der Waals surface area contributed by atoms with E-state index in [1.54, 1.807) is 0 Å². The maximum absolute atomic E-state index is 13.2. The van der Waals surface area contributed by atoms with Crippen LogP contribution in [0.2, 0.25) is 0 Å². The van der Waals surface area contributed by atoms with E-state index in [9.17, 15) is 9.18 Å². The third-order valence-corrected chi connectivity index (χ3v) is 2.91. The largest absolute Gasteiger partial charge is 0.368 e. The highest BCUT2D eigenvalue weighted by Crippen LogP contribution is 2.22. The number of amides is 1. The van der Waals surface area contributed by atoms with Crippen molar-refractivity contribution < 1.29 is 9.18 Å². The van der Waals surface area contributed by atoms with E-state index in [2.05, 4.69) is 0 Å². The Kier molecular flexibility index (Phi) is 3.19. The van der Waals surface area contributed by atoms with Gasteiger partial charge in [0.25, 0.3) is 0 Å². The maximum atomic E-state index is 13.2. The second-order valence-electron chi connectivity index (χ2n) is 4.17. The zero-order valence-corrected chi connectivity index (χ0v) is 8.97. The van der Waals surface area contributed by atoms with Gasteiger partial charge in [0.05, 0.1) is 6.04 Å². The van der Waals surface area contributed by atoms with Gasteiger partial charge in [0, 0.05) is 19.5 Å². The molecule has 1 aliphatic rings. The quantitative estimate of drug-likeness (QED) is 0.832. The van der Waals surface area contributed by atoms with Crippen LogP contribution in [0.3, 0.4) is 0 Å². The molecule has 2 N–H and O–H groups in total. The van der Waals surface area contributed by atoms with E-state index < -0.39 is 18.1 Å². The molecule has 3 nitrogen and oxygen atoms in total. The van der Waals surface area contributed by atoms with Crippen molar-refractivity contribution in [3.05, 3.63) is 35.9 Å². The Bertz CT molecular complexity index is 369. The molecule has 4 heteroatoms. The van der Waals surface area contributed by atoms with Gasteiger partial charge >= 0.3 is 0 Å². The average molecular weight is 222 g/mol. The monoisotopic (exact) mass is 222 g/mol. The molecule has 0 aromatic heterocycles. The number of benzene rings is 1. The molecule has 1 fully saturated rings. The Morgan fingerprint density at radius 3 is 2.75 bits per heavy atom. The molecule has 1 aromatic carbocycles. The zero-order chi connectivity index (χ0) is 11.5. The minimum atomic E-state index is -0.943. The van der Waals surface area contributed by atoms with Gasteiger partial charge in [-0.1, -0.05) is 30.3 Å². The first-order valence-corrected chi connectivity index (χ1v) is 5.38. The second-order valence-corrected chi connectivity index (χ2v) is 4.17. The van der Waals surface area contributed by atoms with Crippen molar-refractivity contribution in [3.8, 4) is 0 Å². The average Bonchev–Trinajstić information content (AvgIpc) is 2.61. The topological polar surface area (TPSA) is 46.3 Å². The summed E-state index contributed by atoms with van der Waals surface area (Å²) >= 11 is 0. The van der Waals surface area contributed by atoms with E-state index in [-0.39, 0.29) is 6.42 Å². The smallest absolute Gasteiger partial charge is 0.234 e. The Morgan fingerprint density at radius 2 is 2.12 bits per heavy atom. The van der Waals surface area contributed by atoms with Crippen molar-refractivity contribution in [1.82, 2.24) is 4.90 Å². The van der Waals surface area contributed by atoms with Crippen LogP contribution in [-0.2, 0) is 11.3 Å². The third kappa shape index (κ3) is 2.39. The molecule has 86 valence electrons. The molecule has 1 saturated heterocycles. The minimum absolute atomic E-state index is 0.224. The molecule has 0 radical (unpaired) electrons. The summed E-state index contributed by atoms with van der Waals surface area (Å²) in [5.41, 5.74) is 6.33. The first kappa shape index (κ1) is 11.1. The highest BCUT2D eigenvalue weighted by atomic mass is 19.1. The number of rotatable bonds is 3. The van der Waals surface area contributed by atoms with Crippen LogP contribution in [0.25, 0.3) is 0 Å². The van der Waals surface area contributed by atoms with E-state index in [0.29, 0.717) is 13.1 Å². The lowest BCUT2D eigenvalue weighted by Gasteiger charge is -2.21. The van der Waals surface area contributed by atoms with Crippen LogP contribution >= 0.6 is 0 Å². The number of hydrogen-bond donors (Lipinski definition) is 1. The Morgan fingerprint density at radius 1 is 1.44 bits per heavy atom. The van der Waals surface area contributed by atoms with E-state index in [1.807, 2.05) is 35.2 Å². The maximum Gasteiger partial charge on any atom is 0.234 e. The zero-order valence-electron chi connectivity index (χ0n) is 8.97. The van der Waals surface area contributed by atoms with Gasteiger partial charge in [0.2, 0.25) is 5.91 Å². The lowest BCUT2D eigenvalue weighted by Crippen LogP contribution is -2.39. The van der Waals surface area contributed by atoms with Crippen molar-refractivity contribution in [2.24, 2.45) is 5.73 Å². The fraction of sp³-hybridized carbons (Fsp3) is 0.417. The predicted octanol–water partition coefficient (Wildman–Crippen LogP) is 1.08. The molecule has 0 spiro atoms. The number of alkyl halides is 1. The predicted molar refractivity (Wildman–Crippen MR) is 59.3 cm³/mol. The third-order valence-electron chi connectivity index (χ3n) is 2.91. The number of primary amides is 1. The summed E-state index contributed by atoms with van der Waals surface area (Å²) in [7, 11) is 0. The summed E-state index contributed by atoms with van der Waals surface area (Å²) in [6, 6.07) is 9.25. The lowest BCUT2D eigenvalue weighted by molar-refractivity contribution is -0.122. The van der Waals surface area contributed by atoms with Gasteiger partial charge in [0.1, 0.15) is 6.17 Å². The Hall–Kier alpha value is -1.42. The number of nitrogens with two attached hydrogens (primary N) is 1. The highest BCUT2D eigenvalue weighted by Gasteiger charge is 2.35. The summed E-state index contributed by atoms with van der Waals surface area (Å²) in [5.74, 6) is -0.434. The molecule has 2 rings (SSSR count). The van der Waals surface area contributed by atoms with Crippen molar-refractivity contribution in [2.75, 3.05) is 6.54 Å². The highest BCUT2D eigenvalue weighted by molar-refractivity contribution is 5.80. The summed E-state index contributed by atoms with van der Waals surface area (Å²) < 4.78 is 13.2. The molecule has 0 aliphatic carbocycles. The molecule has 16 heavy (non-hydrogen) atoms. The molecule has 1 unspecified atom stereocenters. The summed E-state index contributed by atoms with van der Waals surface area (Å²) in [6.45, 7) is 0.872. The second kappa shape index (κ2) is 4.61. The van der Waals surface area contributed by atoms with E-state index in [1.165, 1.54) is 0 Å². The fourth-order valence-electron chi connectivity index (χ4n) is 2.14. The molecular weight excluding hydrogens is 207 g/mol. The van der Waals surface area contributed by atoms with Gasteiger partial charge < -0.3 is 5.73 Å². The van der Waals surface area contributed by atoms with Crippen LogP contribution in [0.15, 0.2) is 30.3 Å². The molecule has 1 heterocycles. The van der Waals surface area contributed by atoms with Crippen LogP contribution in [0.1, 0.15) is 12.0 Å². The van der Waals surface area contributed by atoms with Gasteiger partial charge in [-0.3, -0.25) is 9.69 Å². The molecular formula is C12H15FN2O. The van der Waals surface area contributed by atoms with Gasteiger partial charge in [-0.15, -0.1) is 0 Å². The molecule has 1 aromatic rings. The van der Waals surface area contributed by atoms with Gasteiger partial charge in [-0.05, 0) is 5.56 Å². The summed E-state index contributed by atoms with van der Waals surface area (Å²) in [5, 5.41) is 0. The number of nitrogens with zero attached hydrogens (tertiary/aromatic N) is 1. The number of hydrogen-bond acceptors (Lipinski definition) is 2. The summed E-state index contributed by atoms with van der Waals surface area (Å²) in [4.78, 5) is 13.0. The van der Waals surface area contributed by atoms with Crippen LogP contribution in [-0.4, -0.2) is 29.6 Å². The van der Waals surface area contributed by atoms with Crippen LogP contribution < -0.4 is 5.73 Å². The number of halogens is 1. The van der Waals surface area contributed by atoms with E-state index >= 15 is 0 Å². The molecule has 1 amide bonds. The molecule has 2 atom stereocenters. The normalized spacial score (nSPS) is 25.8. The summed E-state index contributed by atoms with van der Waals surface area (Å²) in [6.07, 6.45) is -0.719. The standard InChI is InChI=1S/C12H15FN2O/c13-10-6-11(12(14)16)15(8-10)7-9-4-2-1-3-5-9/h1-5,10-11H,6-8H2,(H2,14,16)/t10-,11?/m0/s1. The molecule has 1 aliphatic heterocycles. The number of likely N-dealkylation sites (tertiary alicyclic amines) is 1. The van der Waals surface area contributed by atoms with Crippen molar-refractivity contribution in [1.29, 1.82) is 0 Å². The SMILES string of the molecule is NC(=O)C1C[C@H](F)CN1Cc1ccccc1. The Balaban J connectivity index is 2.06. The van der Waals surface area contributed by atoms with Gasteiger partial charge in [-0.25, -0.2) is 4.39 Å². The van der Waals surface area contributed by atoms with Gasteiger partial charge in [-0.2, -0.15) is 0 Å². The lowest BCUT2D eigenvalue weighted by atomic mass is 10.1. The van der Waals surface area contributed by atoms with Crippen molar-refractivity contribution in [3.63, 3.8) is 0 Å². The van der Waals surface area contributed by atoms with Crippen molar-refractivity contribution >= 4 is 5.91 Å². The molecule has 0 saturated carbocycles. The van der Waals surface area contributed by atoms with Crippen LogP contribution in [0, 0.1) is 0 Å². The van der Waals surface area contributed by atoms with Gasteiger partial charge in [0.15, 0.2) is 0 Å². The van der Waals surface area contributed by atoms with E-state index in [0.717, 1.165) is 5.56 Å². The Labute approximate surface area is 94.0 Å². The minimum Gasteiger partial charge on any atom is -0.368 e. The first-order valence-electron chi connectivity index (χ1n) is 5.38. The van der Waals surface area contributed by atoms with Crippen LogP contribution in [0.4, 0.5) is 4.39 Å². The van der Waals surface area contributed by atoms with Crippen LogP contribution in [0.5, 0.6) is 0 Å². The molecule has 0 bridgehead atoms. The fourth-order valence-corrected chi connectivity index (χ4v) is 2.14. The number of carbonyl (C=O) groups excluding carboxylic acids is 1. The number of carbonyl (C=O) groups is 1. The van der Waals surface area contributed by atoms with E-state index in [4.69, 9.17) is 5.73 Å². The van der Waals surface area contributed by atoms with Crippen molar-refractivity contribution in [2.45, 2.75) is 25.2 Å². The first-order chi connectivity index (χ1) is 7.66.